The van der Waals surface area contributed by atoms with Crippen molar-refractivity contribution in [1.82, 2.24) is 19.6 Å². The van der Waals surface area contributed by atoms with Gasteiger partial charge < -0.3 is 9.80 Å². The van der Waals surface area contributed by atoms with Crippen molar-refractivity contribution in [3.05, 3.63) is 64.1 Å². The first kappa shape index (κ1) is 18.9. The Morgan fingerprint density at radius 3 is 2.44 bits per heavy atom. The van der Waals surface area contributed by atoms with Crippen LogP contribution in [0.3, 0.4) is 0 Å². The van der Waals surface area contributed by atoms with Gasteiger partial charge in [-0.2, -0.15) is 5.10 Å². The average Bonchev–Trinajstić information content (AvgIpc) is 2.61. The van der Waals surface area contributed by atoms with Gasteiger partial charge in [-0.1, -0.05) is 37.3 Å². The van der Waals surface area contributed by atoms with Crippen molar-refractivity contribution in [2.24, 2.45) is 0 Å². The highest BCUT2D eigenvalue weighted by Gasteiger charge is 2.18. The fourth-order valence-electron chi connectivity index (χ4n) is 2.47. The van der Waals surface area contributed by atoms with Gasteiger partial charge in [0.1, 0.15) is 5.69 Å². The van der Waals surface area contributed by atoms with Crippen LogP contribution in [0.25, 0.3) is 0 Å². The highest BCUT2D eigenvalue weighted by molar-refractivity contribution is 5.92. The molecule has 2 rings (SSSR count). The molecule has 0 aliphatic heterocycles. The Labute approximate surface area is 148 Å². The standard InChI is InChI=1S/C19H26N4O2/c1-4-12-23-18(24)11-10-17(20-23)19(25)22(14-13-21(2)3)15-16-8-6-5-7-9-16/h5-11H,4,12-15H2,1-3H3. The molecule has 6 nitrogen and oxygen atoms in total. The summed E-state index contributed by atoms with van der Waals surface area (Å²) in [7, 11) is 3.95. The van der Waals surface area contributed by atoms with Crippen LogP contribution in [0.15, 0.2) is 47.3 Å². The number of hydrogen-bond acceptors (Lipinski definition) is 4. The van der Waals surface area contributed by atoms with Crippen molar-refractivity contribution in [2.75, 3.05) is 27.2 Å². The molecule has 0 radical (unpaired) electrons. The van der Waals surface area contributed by atoms with Gasteiger partial charge in [0.25, 0.3) is 11.5 Å². The molecule has 1 aromatic carbocycles. The third-order valence-electron chi connectivity index (χ3n) is 3.84. The molecule has 0 saturated carbocycles. The largest absolute Gasteiger partial charge is 0.332 e. The van der Waals surface area contributed by atoms with Crippen molar-refractivity contribution in [3.63, 3.8) is 0 Å². The van der Waals surface area contributed by atoms with E-state index >= 15 is 0 Å². The van der Waals surface area contributed by atoms with E-state index in [-0.39, 0.29) is 11.5 Å². The van der Waals surface area contributed by atoms with E-state index in [4.69, 9.17) is 0 Å². The molecule has 1 amide bonds. The quantitative estimate of drug-likeness (QED) is 0.735. The maximum absolute atomic E-state index is 13.0. The summed E-state index contributed by atoms with van der Waals surface area (Å²) >= 11 is 0. The molecule has 0 aliphatic rings. The van der Waals surface area contributed by atoms with E-state index in [1.165, 1.54) is 16.8 Å². The Balaban J connectivity index is 2.24. The number of nitrogens with zero attached hydrogens (tertiary/aromatic N) is 4. The van der Waals surface area contributed by atoms with Crippen molar-refractivity contribution >= 4 is 5.91 Å². The molecule has 2 aromatic rings. The second kappa shape index (κ2) is 9.13. The van der Waals surface area contributed by atoms with Gasteiger partial charge in [-0.05, 0) is 32.1 Å². The van der Waals surface area contributed by atoms with Gasteiger partial charge in [-0.3, -0.25) is 9.59 Å². The van der Waals surface area contributed by atoms with Gasteiger partial charge in [-0.25, -0.2) is 4.68 Å². The van der Waals surface area contributed by atoms with E-state index < -0.39 is 0 Å². The molecule has 0 N–H and O–H groups in total. The Hall–Kier alpha value is -2.47. The summed E-state index contributed by atoms with van der Waals surface area (Å²) in [6.07, 6.45) is 0.791. The van der Waals surface area contributed by atoms with Crippen LogP contribution in [-0.4, -0.2) is 52.7 Å². The molecule has 6 heteroatoms. The minimum absolute atomic E-state index is 0.157. The lowest BCUT2D eigenvalue weighted by atomic mass is 10.2. The second-order valence-corrected chi connectivity index (χ2v) is 6.30. The zero-order valence-corrected chi connectivity index (χ0v) is 15.2. The number of carbonyl (C=O) groups is 1. The summed E-state index contributed by atoms with van der Waals surface area (Å²) in [5, 5.41) is 4.25. The van der Waals surface area contributed by atoms with Crippen molar-refractivity contribution in [2.45, 2.75) is 26.4 Å². The highest BCUT2D eigenvalue weighted by Crippen LogP contribution is 2.08. The smallest absolute Gasteiger partial charge is 0.274 e. The first-order valence-electron chi connectivity index (χ1n) is 8.57. The minimum atomic E-state index is -0.179. The summed E-state index contributed by atoms with van der Waals surface area (Å²) in [4.78, 5) is 28.6. The van der Waals surface area contributed by atoms with Gasteiger partial charge in [-0.15, -0.1) is 0 Å². The summed E-state index contributed by atoms with van der Waals surface area (Å²) in [6.45, 7) is 4.35. The summed E-state index contributed by atoms with van der Waals surface area (Å²) in [5.74, 6) is -0.157. The number of likely N-dealkylation sites (N-methyl/N-ethyl adjacent to an activating group) is 1. The topological polar surface area (TPSA) is 58.4 Å². The molecule has 0 saturated heterocycles. The van der Waals surface area contributed by atoms with E-state index in [1.807, 2.05) is 56.3 Å². The number of aryl methyl sites for hydroxylation is 1. The zero-order chi connectivity index (χ0) is 18.2. The van der Waals surface area contributed by atoms with Crippen LogP contribution in [-0.2, 0) is 13.1 Å². The molecule has 0 spiro atoms. The second-order valence-electron chi connectivity index (χ2n) is 6.30. The van der Waals surface area contributed by atoms with Crippen molar-refractivity contribution in [3.8, 4) is 0 Å². The maximum Gasteiger partial charge on any atom is 0.274 e. The summed E-state index contributed by atoms with van der Waals surface area (Å²) < 4.78 is 1.36. The van der Waals surface area contributed by atoms with Crippen LogP contribution >= 0.6 is 0 Å². The third-order valence-corrected chi connectivity index (χ3v) is 3.84. The number of aromatic nitrogens is 2. The minimum Gasteiger partial charge on any atom is -0.332 e. The van der Waals surface area contributed by atoms with E-state index in [9.17, 15) is 9.59 Å². The monoisotopic (exact) mass is 342 g/mol. The lowest BCUT2D eigenvalue weighted by Gasteiger charge is -2.24. The third kappa shape index (κ3) is 5.53. The van der Waals surface area contributed by atoms with Crippen LogP contribution in [0.2, 0.25) is 0 Å². The van der Waals surface area contributed by atoms with Crippen LogP contribution in [0, 0.1) is 0 Å². The number of rotatable bonds is 8. The van der Waals surface area contributed by atoms with Crippen LogP contribution in [0.5, 0.6) is 0 Å². The van der Waals surface area contributed by atoms with Gasteiger partial charge in [0.2, 0.25) is 0 Å². The van der Waals surface area contributed by atoms with Crippen LogP contribution in [0.1, 0.15) is 29.4 Å². The number of benzene rings is 1. The van der Waals surface area contributed by atoms with Crippen molar-refractivity contribution in [1.29, 1.82) is 0 Å². The molecule has 0 atom stereocenters. The van der Waals surface area contributed by atoms with Gasteiger partial charge in [0.05, 0.1) is 0 Å². The predicted molar refractivity (Wildman–Crippen MR) is 98.5 cm³/mol. The van der Waals surface area contributed by atoms with Gasteiger partial charge in [0.15, 0.2) is 0 Å². The molecule has 0 aliphatic carbocycles. The number of hydrogen-bond donors (Lipinski definition) is 0. The van der Waals surface area contributed by atoms with Crippen molar-refractivity contribution < 1.29 is 4.79 Å². The Kier molecular flexibility index (Phi) is 6.89. The van der Waals surface area contributed by atoms with Gasteiger partial charge >= 0.3 is 0 Å². The van der Waals surface area contributed by atoms with Crippen LogP contribution in [0.4, 0.5) is 0 Å². The molecule has 134 valence electrons. The number of amides is 1. The zero-order valence-electron chi connectivity index (χ0n) is 15.2. The SMILES string of the molecule is CCCn1nc(C(=O)N(CCN(C)C)Cc2ccccc2)ccc1=O. The molecule has 0 bridgehead atoms. The lowest BCUT2D eigenvalue weighted by molar-refractivity contribution is 0.0723. The van der Waals surface area contributed by atoms with Crippen LogP contribution < -0.4 is 5.56 Å². The normalized spacial score (nSPS) is 10.9. The molecule has 0 fully saturated rings. The molecular formula is C19H26N4O2. The van der Waals surface area contributed by atoms with E-state index in [0.29, 0.717) is 25.3 Å². The first-order chi connectivity index (χ1) is 12.0. The van der Waals surface area contributed by atoms with E-state index in [1.54, 1.807) is 4.90 Å². The van der Waals surface area contributed by atoms with Gasteiger partial charge in [0, 0.05) is 32.2 Å². The lowest BCUT2D eigenvalue weighted by Crippen LogP contribution is -2.37. The molecule has 1 aromatic heterocycles. The Morgan fingerprint density at radius 1 is 1.08 bits per heavy atom. The highest BCUT2D eigenvalue weighted by atomic mass is 16.2. The molecule has 1 heterocycles. The molecule has 0 unspecified atom stereocenters. The van der Waals surface area contributed by atoms with E-state index in [0.717, 1.165) is 18.5 Å². The maximum atomic E-state index is 13.0. The molecule has 25 heavy (non-hydrogen) atoms. The fraction of sp³-hybridized carbons (Fsp3) is 0.421. The average molecular weight is 342 g/mol. The Morgan fingerprint density at radius 2 is 1.80 bits per heavy atom. The predicted octanol–water partition coefficient (Wildman–Crippen LogP) is 1.86. The summed E-state index contributed by atoms with van der Waals surface area (Å²) in [5.41, 5.74) is 1.19. The number of carbonyl (C=O) groups excluding carboxylic acids is 1. The fourth-order valence-corrected chi connectivity index (χ4v) is 2.47. The van der Waals surface area contributed by atoms with E-state index in [2.05, 4.69) is 5.10 Å². The molecular weight excluding hydrogens is 316 g/mol. The Bertz CT molecular complexity index is 741. The first-order valence-corrected chi connectivity index (χ1v) is 8.57. The summed E-state index contributed by atoms with van der Waals surface area (Å²) in [6, 6.07) is 12.8.